The number of aryl methyl sites for hydroxylation is 2. The van der Waals surface area contributed by atoms with Crippen LogP contribution in [0.2, 0.25) is 0 Å². The highest BCUT2D eigenvalue weighted by Gasteiger charge is 2.13. The lowest BCUT2D eigenvalue weighted by Gasteiger charge is -2.02. The summed E-state index contributed by atoms with van der Waals surface area (Å²) >= 11 is 0. The fourth-order valence-corrected chi connectivity index (χ4v) is 2.78. The monoisotopic (exact) mass is 304 g/mol. The molecule has 0 fully saturated rings. The van der Waals surface area contributed by atoms with E-state index in [0.29, 0.717) is 18.3 Å². The fraction of sp³-hybridized carbons (Fsp3) is 0.167. The highest BCUT2D eigenvalue weighted by molar-refractivity contribution is 5.75. The van der Waals surface area contributed by atoms with Crippen LogP contribution < -0.4 is 0 Å². The number of imidazole rings is 1. The molecule has 0 N–H and O–H groups in total. The molecule has 4 rings (SSSR count). The van der Waals surface area contributed by atoms with Crippen molar-refractivity contribution in [1.82, 2.24) is 19.7 Å². The van der Waals surface area contributed by atoms with Gasteiger partial charge in [-0.3, -0.25) is 0 Å². The highest BCUT2D eigenvalue weighted by Crippen LogP contribution is 2.22. The summed E-state index contributed by atoms with van der Waals surface area (Å²) in [5.41, 5.74) is 4.14. The summed E-state index contributed by atoms with van der Waals surface area (Å²) in [7, 11) is 0. The molecule has 114 valence electrons. The van der Waals surface area contributed by atoms with Crippen molar-refractivity contribution >= 4 is 11.0 Å². The van der Waals surface area contributed by atoms with Crippen molar-refractivity contribution in [3.63, 3.8) is 0 Å². The van der Waals surface area contributed by atoms with Crippen molar-refractivity contribution in [3.05, 3.63) is 65.7 Å². The largest absolute Gasteiger partial charge is 0.334 e. The second kappa shape index (κ2) is 5.35. The lowest BCUT2D eigenvalue weighted by molar-refractivity contribution is 0.420. The Morgan fingerprint density at radius 1 is 0.957 bits per heavy atom. The average Bonchev–Trinajstić information content (AvgIpc) is 3.14. The normalized spacial score (nSPS) is 11.2. The third-order valence-electron chi connectivity index (χ3n) is 3.99. The van der Waals surface area contributed by atoms with Crippen LogP contribution in [0.5, 0.6) is 0 Å². The topological polar surface area (TPSA) is 56.7 Å². The van der Waals surface area contributed by atoms with Crippen LogP contribution in [0, 0.1) is 13.8 Å². The minimum absolute atomic E-state index is 0.543. The van der Waals surface area contributed by atoms with Crippen molar-refractivity contribution in [2.75, 3.05) is 0 Å². The van der Waals surface area contributed by atoms with E-state index in [4.69, 9.17) is 4.52 Å². The summed E-state index contributed by atoms with van der Waals surface area (Å²) in [5.74, 6) is 2.14. The maximum absolute atomic E-state index is 5.44. The third kappa shape index (κ3) is 2.40. The van der Waals surface area contributed by atoms with E-state index in [1.807, 2.05) is 56.3 Å². The van der Waals surface area contributed by atoms with Crippen molar-refractivity contribution in [1.29, 1.82) is 0 Å². The minimum Gasteiger partial charge on any atom is -0.334 e. The molecule has 0 radical (unpaired) electrons. The maximum atomic E-state index is 5.44. The van der Waals surface area contributed by atoms with Crippen LogP contribution in [0.15, 0.2) is 53.1 Å². The second-order valence-electron chi connectivity index (χ2n) is 5.56. The summed E-state index contributed by atoms with van der Waals surface area (Å²) in [6.07, 6.45) is 0. The molecule has 0 aliphatic carbocycles. The maximum Gasteiger partial charge on any atom is 0.258 e. The Morgan fingerprint density at radius 2 is 1.74 bits per heavy atom. The summed E-state index contributed by atoms with van der Waals surface area (Å²) < 4.78 is 7.54. The van der Waals surface area contributed by atoms with Gasteiger partial charge in [0.15, 0.2) is 5.82 Å². The van der Waals surface area contributed by atoms with Crippen LogP contribution in [-0.2, 0) is 6.54 Å². The zero-order valence-corrected chi connectivity index (χ0v) is 13.0. The third-order valence-corrected chi connectivity index (χ3v) is 3.99. The van der Waals surface area contributed by atoms with E-state index in [1.165, 1.54) is 0 Å². The first-order valence-corrected chi connectivity index (χ1v) is 7.53. The van der Waals surface area contributed by atoms with Crippen molar-refractivity contribution in [2.45, 2.75) is 20.4 Å². The predicted molar refractivity (Wildman–Crippen MR) is 88.0 cm³/mol. The molecule has 5 heteroatoms. The molecule has 0 bridgehead atoms. The molecule has 2 aromatic heterocycles. The SMILES string of the molecule is Cc1ccccc1-c1nc(Cn2c(C)nc3ccccc32)no1. The van der Waals surface area contributed by atoms with E-state index < -0.39 is 0 Å². The lowest BCUT2D eigenvalue weighted by atomic mass is 10.1. The van der Waals surface area contributed by atoms with Crippen LogP contribution in [0.3, 0.4) is 0 Å². The van der Waals surface area contributed by atoms with Crippen molar-refractivity contribution < 1.29 is 4.52 Å². The van der Waals surface area contributed by atoms with Gasteiger partial charge in [0.05, 0.1) is 17.6 Å². The Bertz CT molecular complexity index is 984. The molecular formula is C18H16N4O. The summed E-state index contributed by atoms with van der Waals surface area (Å²) in [5, 5.41) is 4.12. The smallest absolute Gasteiger partial charge is 0.258 e. The van der Waals surface area contributed by atoms with E-state index >= 15 is 0 Å². The molecule has 2 aromatic carbocycles. The minimum atomic E-state index is 0.543. The van der Waals surface area contributed by atoms with Gasteiger partial charge in [0.2, 0.25) is 0 Å². The summed E-state index contributed by atoms with van der Waals surface area (Å²) in [6, 6.07) is 16.1. The number of hydrogen-bond acceptors (Lipinski definition) is 4. The number of aromatic nitrogens is 4. The van der Waals surface area contributed by atoms with E-state index in [-0.39, 0.29) is 0 Å². The van der Waals surface area contributed by atoms with Gasteiger partial charge in [0.1, 0.15) is 5.82 Å². The van der Waals surface area contributed by atoms with Gasteiger partial charge in [-0.05, 0) is 37.6 Å². The Kier molecular flexibility index (Phi) is 3.19. The zero-order chi connectivity index (χ0) is 15.8. The molecule has 0 amide bonds. The van der Waals surface area contributed by atoms with Gasteiger partial charge in [0.25, 0.3) is 5.89 Å². The molecule has 0 saturated carbocycles. The molecule has 0 atom stereocenters. The molecule has 0 aliphatic heterocycles. The summed E-state index contributed by atoms with van der Waals surface area (Å²) in [6.45, 7) is 4.57. The van der Waals surface area contributed by atoms with Crippen molar-refractivity contribution in [2.24, 2.45) is 0 Å². The Balaban J connectivity index is 1.70. The van der Waals surface area contributed by atoms with Gasteiger partial charge >= 0.3 is 0 Å². The first-order chi connectivity index (χ1) is 11.2. The molecule has 0 saturated heterocycles. The van der Waals surface area contributed by atoms with Gasteiger partial charge in [-0.2, -0.15) is 4.98 Å². The van der Waals surface area contributed by atoms with E-state index in [0.717, 1.165) is 28.0 Å². The van der Waals surface area contributed by atoms with Gasteiger partial charge < -0.3 is 9.09 Å². The lowest BCUT2D eigenvalue weighted by Crippen LogP contribution is -2.03. The standard InChI is InChI=1S/C18H16N4O/c1-12-7-3-4-8-14(12)18-20-17(21-23-18)11-22-13(2)19-15-9-5-6-10-16(15)22/h3-10H,11H2,1-2H3. The van der Waals surface area contributed by atoms with Crippen LogP contribution in [-0.4, -0.2) is 19.7 Å². The number of para-hydroxylation sites is 2. The van der Waals surface area contributed by atoms with Crippen molar-refractivity contribution in [3.8, 4) is 11.5 Å². The molecule has 0 spiro atoms. The predicted octanol–water partition coefficient (Wildman–Crippen LogP) is 3.75. The van der Waals surface area contributed by atoms with Gasteiger partial charge in [-0.25, -0.2) is 4.98 Å². The number of fused-ring (bicyclic) bond motifs is 1. The first-order valence-electron chi connectivity index (χ1n) is 7.53. The van der Waals surface area contributed by atoms with Gasteiger partial charge in [-0.15, -0.1) is 0 Å². The average molecular weight is 304 g/mol. The van der Waals surface area contributed by atoms with Gasteiger partial charge in [0, 0.05) is 5.56 Å². The number of hydrogen-bond donors (Lipinski definition) is 0. The van der Waals surface area contributed by atoms with Crippen LogP contribution in [0.4, 0.5) is 0 Å². The molecule has 4 aromatic rings. The molecule has 0 unspecified atom stereocenters. The zero-order valence-electron chi connectivity index (χ0n) is 13.0. The van der Waals surface area contributed by atoms with E-state index in [2.05, 4.69) is 25.8 Å². The fourth-order valence-electron chi connectivity index (χ4n) is 2.78. The number of rotatable bonds is 3. The van der Waals surface area contributed by atoms with E-state index in [1.54, 1.807) is 0 Å². The molecule has 5 nitrogen and oxygen atoms in total. The Hall–Kier alpha value is -2.95. The van der Waals surface area contributed by atoms with Crippen LogP contribution in [0.1, 0.15) is 17.2 Å². The Morgan fingerprint density at radius 3 is 2.61 bits per heavy atom. The molecular weight excluding hydrogens is 288 g/mol. The molecule has 2 heterocycles. The second-order valence-corrected chi connectivity index (χ2v) is 5.56. The van der Waals surface area contributed by atoms with E-state index in [9.17, 15) is 0 Å². The number of benzene rings is 2. The highest BCUT2D eigenvalue weighted by atomic mass is 16.5. The Labute approximate surface area is 133 Å². The number of nitrogens with zero attached hydrogens (tertiary/aromatic N) is 4. The molecule has 0 aliphatic rings. The van der Waals surface area contributed by atoms with Crippen LogP contribution in [0.25, 0.3) is 22.5 Å². The quantitative estimate of drug-likeness (QED) is 0.578. The van der Waals surface area contributed by atoms with Crippen LogP contribution >= 0.6 is 0 Å². The van der Waals surface area contributed by atoms with Gasteiger partial charge in [-0.1, -0.05) is 35.5 Å². The molecule has 23 heavy (non-hydrogen) atoms. The summed E-state index contributed by atoms with van der Waals surface area (Å²) in [4.78, 5) is 9.10. The first kappa shape index (κ1) is 13.7.